The Morgan fingerprint density at radius 3 is 2.44 bits per heavy atom. The fraction of sp³-hybridized carbons (Fsp3) is 0.273. The van der Waals surface area contributed by atoms with E-state index in [2.05, 4.69) is 17.4 Å². The van der Waals surface area contributed by atoms with Crippen LogP contribution in [-0.2, 0) is 11.3 Å². The molecule has 1 N–H and O–H groups in total. The quantitative estimate of drug-likeness (QED) is 0.696. The van der Waals surface area contributed by atoms with Crippen LogP contribution in [0.5, 0.6) is 0 Å². The van der Waals surface area contributed by atoms with Gasteiger partial charge < -0.3 is 9.88 Å². The van der Waals surface area contributed by atoms with Crippen molar-refractivity contribution in [3.05, 3.63) is 74.0 Å². The molecule has 27 heavy (non-hydrogen) atoms. The van der Waals surface area contributed by atoms with Crippen LogP contribution in [0.2, 0.25) is 5.02 Å². The van der Waals surface area contributed by atoms with Gasteiger partial charge in [-0.3, -0.25) is 9.59 Å². The molecule has 4 nitrogen and oxygen atoms in total. The van der Waals surface area contributed by atoms with Gasteiger partial charge in [-0.1, -0.05) is 29.3 Å². The number of nitrogens with zero attached hydrogens (tertiary/aromatic N) is 1. The van der Waals surface area contributed by atoms with Crippen molar-refractivity contribution in [3.63, 3.8) is 0 Å². The molecule has 5 heteroatoms. The van der Waals surface area contributed by atoms with E-state index in [0.717, 1.165) is 33.2 Å². The Balaban J connectivity index is 1.85. The number of anilines is 1. The van der Waals surface area contributed by atoms with Crippen LogP contribution >= 0.6 is 11.6 Å². The molecule has 0 atom stereocenters. The second kappa shape index (κ2) is 7.57. The van der Waals surface area contributed by atoms with E-state index < -0.39 is 0 Å². The molecule has 0 saturated heterocycles. The highest BCUT2D eigenvalue weighted by Gasteiger charge is 2.12. The highest BCUT2D eigenvalue weighted by Crippen LogP contribution is 2.23. The first-order valence-corrected chi connectivity index (χ1v) is 9.31. The van der Waals surface area contributed by atoms with Crippen LogP contribution in [0.25, 0.3) is 10.9 Å². The molecule has 0 saturated carbocycles. The molecule has 2 aromatic carbocycles. The van der Waals surface area contributed by atoms with Gasteiger partial charge in [-0.15, -0.1) is 0 Å². The number of fused-ring (bicyclic) bond motifs is 1. The molecule has 1 aromatic heterocycles. The molecule has 0 aliphatic heterocycles. The van der Waals surface area contributed by atoms with Gasteiger partial charge in [-0.25, -0.2) is 0 Å². The summed E-state index contributed by atoms with van der Waals surface area (Å²) in [5.41, 5.74) is 5.58. The molecule has 0 radical (unpaired) electrons. The Kier molecular flexibility index (Phi) is 5.38. The van der Waals surface area contributed by atoms with Gasteiger partial charge in [-0.05, 0) is 62.6 Å². The molecule has 0 bridgehead atoms. The first-order valence-electron chi connectivity index (χ1n) is 8.93. The average Bonchev–Trinajstić information content (AvgIpc) is 2.58. The molecule has 0 spiro atoms. The van der Waals surface area contributed by atoms with Crippen LogP contribution < -0.4 is 10.9 Å². The number of pyridine rings is 1. The number of carbonyl (C=O) groups excluding carboxylic acids is 1. The van der Waals surface area contributed by atoms with Crippen molar-refractivity contribution >= 4 is 34.1 Å². The molecule has 0 aliphatic carbocycles. The number of aryl methyl sites for hydroxylation is 5. The average molecular weight is 383 g/mol. The van der Waals surface area contributed by atoms with Crippen LogP contribution in [0.1, 0.15) is 28.7 Å². The number of aromatic nitrogens is 1. The van der Waals surface area contributed by atoms with Crippen molar-refractivity contribution in [2.45, 2.75) is 40.7 Å². The minimum atomic E-state index is -0.152. The Bertz CT molecular complexity index is 1100. The summed E-state index contributed by atoms with van der Waals surface area (Å²) in [6.45, 7) is 8.22. The largest absolute Gasteiger partial charge is 0.326 e. The summed E-state index contributed by atoms with van der Waals surface area (Å²) >= 11 is 6.10. The van der Waals surface area contributed by atoms with E-state index in [-0.39, 0.29) is 17.9 Å². The van der Waals surface area contributed by atoms with E-state index in [9.17, 15) is 9.59 Å². The zero-order valence-corrected chi connectivity index (χ0v) is 16.8. The molecule has 0 aliphatic rings. The number of carbonyl (C=O) groups is 1. The SMILES string of the molecule is Cc1cc(C)c2c(c1)c(C)cc(=O)n2CCC(=O)Nc1ccc(C)c(Cl)c1. The van der Waals surface area contributed by atoms with Crippen molar-refractivity contribution in [3.8, 4) is 0 Å². The summed E-state index contributed by atoms with van der Waals surface area (Å²) in [5, 5.41) is 4.51. The fourth-order valence-electron chi connectivity index (χ4n) is 3.40. The van der Waals surface area contributed by atoms with Gasteiger partial charge in [0.15, 0.2) is 0 Å². The Hall–Kier alpha value is -2.59. The lowest BCUT2D eigenvalue weighted by atomic mass is 10.0. The predicted octanol–water partition coefficient (Wildman–Crippen LogP) is 4.92. The Labute approximate surface area is 163 Å². The van der Waals surface area contributed by atoms with Crippen LogP contribution in [-0.4, -0.2) is 10.5 Å². The van der Waals surface area contributed by atoms with E-state index in [1.807, 2.05) is 39.8 Å². The van der Waals surface area contributed by atoms with Crippen molar-refractivity contribution < 1.29 is 4.79 Å². The maximum absolute atomic E-state index is 12.6. The lowest BCUT2D eigenvalue weighted by Gasteiger charge is -2.15. The molecule has 3 rings (SSSR count). The number of hydrogen-bond acceptors (Lipinski definition) is 2. The summed E-state index contributed by atoms with van der Waals surface area (Å²) in [6.07, 6.45) is 0.205. The normalized spacial score (nSPS) is 11.0. The van der Waals surface area contributed by atoms with Crippen LogP contribution in [0.15, 0.2) is 41.2 Å². The van der Waals surface area contributed by atoms with Gasteiger partial charge in [0.05, 0.1) is 5.52 Å². The second-order valence-corrected chi connectivity index (χ2v) is 7.46. The van der Waals surface area contributed by atoms with Gasteiger partial charge >= 0.3 is 0 Å². The maximum Gasteiger partial charge on any atom is 0.251 e. The smallest absolute Gasteiger partial charge is 0.251 e. The van der Waals surface area contributed by atoms with E-state index in [4.69, 9.17) is 11.6 Å². The standard InChI is InChI=1S/C22H23ClN2O2/c1-13-9-16(4)22-18(10-13)15(3)11-21(27)25(22)8-7-20(26)24-17-6-5-14(2)19(23)12-17/h5-6,9-12H,7-8H2,1-4H3,(H,24,26). The summed E-state index contributed by atoms with van der Waals surface area (Å²) in [6, 6.07) is 11.2. The summed E-state index contributed by atoms with van der Waals surface area (Å²) in [7, 11) is 0. The molecule has 3 aromatic rings. The number of amides is 1. The van der Waals surface area contributed by atoms with Gasteiger partial charge in [0, 0.05) is 35.1 Å². The summed E-state index contributed by atoms with van der Waals surface area (Å²) in [5.74, 6) is -0.152. The molecule has 1 amide bonds. The van der Waals surface area contributed by atoms with E-state index in [0.29, 0.717) is 17.3 Å². The van der Waals surface area contributed by atoms with Crippen molar-refractivity contribution in [1.29, 1.82) is 0 Å². The van der Waals surface area contributed by atoms with Crippen LogP contribution in [0, 0.1) is 27.7 Å². The maximum atomic E-state index is 12.6. The first kappa shape index (κ1) is 19.2. The van der Waals surface area contributed by atoms with E-state index in [1.165, 1.54) is 0 Å². The zero-order chi connectivity index (χ0) is 19.7. The summed E-state index contributed by atoms with van der Waals surface area (Å²) in [4.78, 5) is 24.9. The predicted molar refractivity (Wildman–Crippen MR) is 112 cm³/mol. The molecule has 1 heterocycles. The van der Waals surface area contributed by atoms with Crippen molar-refractivity contribution in [2.75, 3.05) is 5.32 Å². The van der Waals surface area contributed by atoms with Crippen LogP contribution in [0.4, 0.5) is 5.69 Å². The third-order valence-electron chi connectivity index (χ3n) is 4.76. The lowest BCUT2D eigenvalue weighted by molar-refractivity contribution is -0.116. The monoisotopic (exact) mass is 382 g/mol. The van der Waals surface area contributed by atoms with E-state index >= 15 is 0 Å². The second-order valence-electron chi connectivity index (χ2n) is 7.06. The number of rotatable bonds is 4. The number of benzene rings is 2. The van der Waals surface area contributed by atoms with Crippen molar-refractivity contribution in [1.82, 2.24) is 4.57 Å². The molecule has 0 unspecified atom stereocenters. The van der Waals surface area contributed by atoms with Crippen molar-refractivity contribution in [2.24, 2.45) is 0 Å². The van der Waals surface area contributed by atoms with Gasteiger partial charge in [0.1, 0.15) is 0 Å². The third-order valence-corrected chi connectivity index (χ3v) is 5.17. The van der Waals surface area contributed by atoms with Gasteiger partial charge in [0.25, 0.3) is 5.56 Å². The number of nitrogens with one attached hydrogen (secondary N) is 1. The molecule has 0 fully saturated rings. The third kappa shape index (κ3) is 4.06. The Morgan fingerprint density at radius 1 is 1.00 bits per heavy atom. The first-order chi connectivity index (χ1) is 12.8. The highest BCUT2D eigenvalue weighted by molar-refractivity contribution is 6.31. The summed E-state index contributed by atoms with van der Waals surface area (Å²) < 4.78 is 1.69. The number of hydrogen-bond donors (Lipinski definition) is 1. The van der Waals surface area contributed by atoms with Crippen LogP contribution in [0.3, 0.4) is 0 Å². The van der Waals surface area contributed by atoms with E-state index in [1.54, 1.807) is 16.7 Å². The molecular formula is C22H23ClN2O2. The topological polar surface area (TPSA) is 51.1 Å². The number of halogens is 1. The molecular weight excluding hydrogens is 360 g/mol. The highest BCUT2D eigenvalue weighted by atomic mass is 35.5. The lowest BCUT2D eigenvalue weighted by Crippen LogP contribution is -2.24. The van der Waals surface area contributed by atoms with Gasteiger partial charge in [0.2, 0.25) is 5.91 Å². The zero-order valence-electron chi connectivity index (χ0n) is 16.0. The minimum Gasteiger partial charge on any atom is -0.326 e. The minimum absolute atomic E-state index is 0.0851. The molecule has 140 valence electrons. The Morgan fingerprint density at radius 2 is 1.74 bits per heavy atom. The van der Waals surface area contributed by atoms with Gasteiger partial charge in [-0.2, -0.15) is 0 Å². The fourth-order valence-corrected chi connectivity index (χ4v) is 3.58.